The molecule has 2 heterocycles. The average molecular weight is 162 g/mol. The third-order valence-corrected chi connectivity index (χ3v) is 2.77. The quantitative estimate of drug-likeness (QED) is 0.627. The van der Waals surface area contributed by atoms with Gasteiger partial charge < -0.3 is 9.84 Å². The molecule has 2 nitrogen and oxygen atoms in total. The molecule has 2 aliphatic heterocycles. The second-order valence-electron chi connectivity index (χ2n) is 3.48. The molecule has 1 aromatic carbocycles. The summed E-state index contributed by atoms with van der Waals surface area (Å²) < 4.78 is 5.60. The van der Waals surface area contributed by atoms with E-state index in [1.807, 2.05) is 18.2 Å². The highest BCUT2D eigenvalue weighted by Crippen LogP contribution is 2.50. The highest BCUT2D eigenvalue weighted by Gasteiger charge is 2.43. The smallest absolute Gasteiger partial charge is 0.110 e. The van der Waals surface area contributed by atoms with Crippen molar-refractivity contribution >= 4 is 0 Å². The van der Waals surface area contributed by atoms with Crippen molar-refractivity contribution in [1.82, 2.24) is 0 Å². The summed E-state index contributed by atoms with van der Waals surface area (Å²) in [4.78, 5) is 0. The van der Waals surface area contributed by atoms with E-state index in [1.165, 1.54) is 11.1 Å². The SMILES string of the molecule is O[C@@H]1C[C@@H]2O[C@H]1c1ccccc12. The molecule has 1 fully saturated rings. The van der Waals surface area contributed by atoms with Crippen molar-refractivity contribution in [3.05, 3.63) is 35.4 Å². The van der Waals surface area contributed by atoms with E-state index in [1.54, 1.807) is 0 Å². The zero-order chi connectivity index (χ0) is 8.13. The molecular weight excluding hydrogens is 152 g/mol. The van der Waals surface area contributed by atoms with Crippen LogP contribution in [0.4, 0.5) is 0 Å². The normalized spacial score (nSPS) is 36.9. The molecular formula is C10H10O2. The van der Waals surface area contributed by atoms with E-state index >= 15 is 0 Å². The summed E-state index contributed by atoms with van der Waals surface area (Å²) in [5.41, 5.74) is 2.45. The van der Waals surface area contributed by atoms with Gasteiger partial charge in [-0.2, -0.15) is 0 Å². The van der Waals surface area contributed by atoms with Crippen molar-refractivity contribution in [3.8, 4) is 0 Å². The summed E-state index contributed by atoms with van der Waals surface area (Å²) >= 11 is 0. The van der Waals surface area contributed by atoms with Gasteiger partial charge in [-0.1, -0.05) is 24.3 Å². The number of benzene rings is 1. The van der Waals surface area contributed by atoms with Crippen molar-refractivity contribution in [1.29, 1.82) is 0 Å². The van der Waals surface area contributed by atoms with Gasteiger partial charge in [0.1, 0.15) is 6.10 Å². The van der Waals surface area contributed by atoms with E-state index in [0.717, 1.165) is 6.42 Å². The van der Waals surface area contributed by atoms with Crippen molar-refractivity contribution < 1.29 is 9.84 Å². The topological polar surface area (TPSA) is 29.5 Å². The highest BCUT2D eigenvalue weighted by atomic mass is 16.5. The lowest BCUT2D eigenvalue weighted by Crippen LogP contribution is -2.14. The Bertz CT molecular complexity index is 321. The van der Waals surface area contributed by atoms with Gasteiger partial charge in [0.15, 0.2) is 0 Å². The predicted molar refractivity (Wildman–Crippen MR) is 43.6 cm³/mol. The van der Waals surface area contributed by atoms with E-state index < -0.39 is 0 Å². The van der Waals surface area contributed by atoms with Crippen molar-refractivity contribution in [2.75, 3.05) is 0 Å². The van der Waals surface area contributed by atoms with E-state index in [9.17, 15) is 5.11 Å². The largest absolute Gasteiger partial charge is 0.390 e. The molecule has 1 saturated heterocycles. The molecule has 0 aliphatic carbocycles. The maximum absolute atomic E-state index is 9.54. The molecule has 2 heteroatoms. The van der Waals surface area contributed by atoms with E-state index in [4.69, 9.17) is 4.74 Å². The zero-order valence-corrected chi connectivity index (χ0v) is 6.60. The van der Waals surface area contributed by atoms with Gasteiger partial charge in [-0.05, 0) is 11.1 Å². The van der Waals surface area contributed by atoms with Gasteiger partial charge in [0.05, 0.1) is 12.2 Å². The zero-order valence-electron chi connectivity index (χ0n) is 6.60. The van der Waals surface area contributed by atoms with Crippen molar-refractivity contribution in [3.63, 3.8) is 0 Å². The van der Waals surface area contributed by atoms with Crippen LogP contribution in [-0.2, 0) is 4.74 Å². The van der Waals surface area contributed by atoms with Gasteiger partial charge in [-0.15, -0.1) is 0 Å². The van der Waals surface area contributed by atoms with Gasteiger partial charge in [0.2, 0.25) is 0 Å². The Hall–Kier alpha value is -0.860. The van der Waals surface area contributed by atoms with Gasteiger partial charge in [-0.25, -0.2) is 0 Å². The summed E-state index contributed by atoms with van der Waals surface area (Å²) in [6.45, 7) is 0. The van der Waals surface area contributed by atoms with Crippen molar-refractivity contribution in [2.24, 2.45) is 0 Å². The molecule has 3 rings (SSSR count). The van der Waals surface area contributed by atoms with Crippen LogP contribution in [0.3, 0.4) is 0 Å². The van der Waals surface area contributed by atoms with E-state index in [2.05, 4.69) is 6.07 Å². The van der Waals surface area contributed by atoms with Crippen LogP contribution in [0.5, 0.6) is 0 Å². The first-order valence-electron chi connectivity index (χ1n) is 4.28. The third-order valence-electron chi connectivity index (χ3n) is 2.77. The van der Waals surface area contributed by atoms with Gasteiger partial charge in [0.25, 0.3) is 0 Å². The van der Waals surface area contributed by atoms with Crippen LogP contribution in [0.15, 0.2) is 24.3 Å². The van der Waals surface area contributed by atoms with Crippen LogP contribution < -0.4 is 0 Å². The van der Waals surface area contributed by atoms with Crippen LogP contribution in [0.1, 0.15) is 29.8 Å². The predicted octanol–water partition coefficient (Wildman–Crippen LogP) is 1.56. The third kappa shape index (κ3) is 0.667. The first-order valence-corrected chi connectivity index (χ1v) is 4.28. The Balaban J connectivity index is 2.17. The minimum Gasteiger partial charge on any atom is -0.390 e. The monoisotopic (exact) mass is 162 g/mol. The Morgan fingerprint density at radius 1 is 1.25 bits per heavy atom. The van der Waals surface area contributed by atoms with Crippen LogP contribution in [0.2, 0.25) is 0 Å². The molecule has 62 valence electrons. The summed E-state index contributed by atoms with van der Waals surface area (Å²) in [6, 6.07) is 8.15. The van der Waals surface area contributed by atoms with E-state index in [-0.39, 0.29) is 18.3 Å². The number of hydrogen-bond acceptors (Lipinski definition) is 2. The van der Waals surface area contributed by atoms with Crippen LogP contribution >= 0.6 is 0 Å². The Morgan fingerprint density at radius 3 is 2.83 bits per heavy atom. The Labute approximate surface area is 70.8 Å². The first-order chi connectivity index (χ1) is 5.86. The first kappa shape index (κ1) is 6.63. The van der Waals surface area contributed by atoms with Crippen LogP contribution in [0.25, 0.3) is 0 Å². The maximum Gasteiger partial charge on any atom is 0.110 e. The summed E-state index contributed by atoms with van der Waals surface area (Å²) in [5.74, 6) is 0. The molecule has 2 aliphatic rings. The molecule has 0 amide bonds. The minimum absolute atomic E-state index is 0.0498. The minimum atomic E-state index is -0.287. The standard InChI is InChI=1S/C10H10O2/c11-8-5-9-6-3-1-2-4-7(6)10(8)12-9/h1-4,8-11H,5H2/t8-,9+,10+/m1/s1. The van der Waals surface area contributed by atoms with Gasteiger partial charge >= 0.3 is 0 Å². The fraction of sp³-hybridized carbons (Fsp3) is 0.400. The molecule has 12 heavy (non-hydrogen) atoms. The number of hydrogen-bond donors (Lipinski definition) is 1. The second-order valence-corrected chi connectivity index (χ2v) is 3.48. The molecule has 0 spiro atoms. The number of ether oxygens (including phenoxy) is 1. The fourth-order valence-electron chi connectivity index (χ4n) is 2.21. The summed E-state index contributed by atoms with van der Waals surface area (Å²) in [6.07, 6.45) is 0.582. The lowest BCUT2D eigenvalue weighted by molar-refractivity contribution is 0.0299. The number of rotatable bonds is 0. The molecule has 0 aromatic heterocycles. The molecule has 1 aromatic rings. The number of fused-ring (bicyclic) bond motifs is 5. The van der Waals surface area contributed by atoms with E-state index in [0.29, 0.717) is 0 Å². The highest BCUT2D eigenvalue weighted by molar-refractivity contribution is 5.37. The summed E-state index contributed by atoms with van der Waals surface area (Å²) in [7, 11) is 0. The molecule has 1 N–H and O–H groups in total. The molecule has 3 atom stereocenters. The Kier molecular flexibility index (Phi) is 1.15. The van der Waals surface area contributed by atoms with Gasteiger partial charge in [-0.3, -0.25) is 0 Å². The van der Waals surface area contributed by atoms with Crippen LogP contribution in [-0.4, -0.2) is 11.2 Å². The molecule has 2 bridgehead atoms. The number of aliphatic hydroxyl groups excluding tert-OH is 1. The summed E-state index contributed by atoms with van der Waals surface area (Å²) in [5, 5.41) is 9.54. The molecule has 0 radical (unpaired) electrons. The second kappa shape index (κ2) is 2.09. The molecule has 0 saturated carbocycles. The van der Waals surface area contributed by atoms with Crippen LogP contribution in [0, 0.1) is 0 Å². The molecule has 0 unspecified atom stereocenters. The average Bonchev–Trinajstić information content (AvgIpc) is 2.62. The maximum atomic E-state index is 9.54. The fourth-order valence-corrected chi connectivity index (χ4v) is 2.21. The number of aliphatic hydroxyl groups is 1. The Morgan fingerprint density at radius 2 is 2.00 bits per heavy atom. The lowest BCUT2D eigenvalue weighted by atomic mass is 9.90. The van der Waals surface area contributed by atoms with Gasteiger partial charge in [0, 0.05) is 6.42 Å². The lowest BCUT2D eigenvalue weighted by Gasteiger charge is -2.15. The van der Waals surface area contributed by atoms with Crippen molar-refractivity contribution in [2.45, 2.75) is 24.7 Å².